The number of hydrogen-bond acceptors (Lipinski definition) is 8. The minimum absolute atomic E-state index is 0.146. The number of nitrogens with zero attached hydrogens (tertiary/aromatic N) is 6. The number of thiazole rings is 1. The van der Waals surface area contributed by atoms with E-state index in [1.54, 1.807) is 10.8 Å². The quantitative estimate of drug-likeness (QED) is 0.301. The molecular weight excluding hydrogens is 448 g/mol. The van der Waals surface area contributed by atoms with Crippen molar-refractivity contribution in [2.24, 2.45) is 13.0 Å². The third-order valence-electron chi connectivity index (χ3n) is 4.95. The van der Waals surface area contributed by atoms with E-state index in [0.717, 1.165) is 11.0 Å². The molecule has 168 valence electrons. The van der Waals surface area contributed by atoms with Crippen LogP contribution in [0.5, 0.6) is 0 Å². The van der Waals surface area contributed by atoms with Gasteiger partial charge < -0.3 is 0 Å². The first-order valence-electron chi connectivity index (χ1n) is 10.4. The van der Waals surface area contributed by atoms with Gasteiger partial charge >= 0.3 is 5.69 Å². The predicted molar refractivity (Wildman–Crippen MR) is 127 cm³/mol. The Balaban J connectivity index is 1.86. The van der Waals surface area contributed by atoms with E-state index in [-0.39, 0.29) is 11.2 Å². The lowest BCUT2D eigenvalue weighted by Crippen LogP contribution is -2.39. The van der Waals surface area contributed by atoms with Gasteiger partial charge in [-0.2, -0.15) is 0 Å². The average Bonchev–Trinajstić information content (AvgIpc) is 3.22. The number of fused-ring (bicyclic) bond motifs is 2. The first kappa shape index (κ1) is 22.4. The smallest absolute Gasteiger partial charge is 0.277 e. The number of hydrogen-bond donors (Lipinski definition) is 0. The maximum absolute atomic E-state index is 13.1. The van der Waals surface area contributed by atoms with Crippen LogP contribution in [0.2, 0.25) is 0 Å². The molecule has 32 heavy (non-hydrogen) atoms. The van der Waals surface area contributed by atoms with E-state index in [1.807, 2.05) is 12.3 Å². The Kier molecular flexibility index (Phi) is 6.29. The predicted octanol–water partition coefficient (Wildman–Crippen LogP) is 2.46. The van der Waals surface area contributed by atoms with Crippen LogP contribution in [0.1, 0.15) is 38.7 Å². The highest BCUT2D eigenvalue weighted by molar-refractivity contribution is 7.98. The zero-order valence-corrected chi connectivity index (χ0v) is 20.0. The van der Waals surface area contributed by atoms with Crippen molar-refractivity contribution in [1.82, 2.24) is 28.5 Å². The lowest BCUT2D eigenvalue weighted by molar-refractivity contribution is 0.592. The molecule has 0 radical (unpaired) electrons. The van der Waals surface area contributed by atoms with Crippen molar-refractivity contribution in [3.8, 4) is 0 Å². The second kappa shape index (κ2) is 8.99. The van der Waals surface area contributed by atoms with Crippen LogP contribution in [0.3, 0.4) is 0 Å². The lowest BCUT2D eigenvalue weighted by Gasteiger charge is -2.14. The Morgan fingerprint density at radius 3 is 2.66 bits per heavy atom. The van der Waals surface area contributed by atoms with E-state index in [1.165, 1.54) is 40.6 Å². The molecule has 0 aliphatic heterocycles. The van der Waals surface area contributed by atoms with Crippen molar-refractivity contribution in [1.29, 1.82) is 0 Å². The first-order chi connectivity index (χ1) is 15.3. The molecule has 4 rings (SSSR count). The van der Waals surface area contributed by atoms with Gasteiger partial charge in [-0.15, -0.1) is 11.3 Å². The molecule has 11 heteroatoms. The topological polar surface area (TPSA) is 104 Å². The largest absolute Gasteiger partial charge is 0.332 e. The van der Waals surface area contributed by atoms with E-state index >= 15 is 0 Å². The van der Waals surface area contributed by atoms with Gasteiger partial charge in [-0.05, 0) is 12.3 Å². The second-order valence-corrected chi connectivity index (χ2v) is 9.81. The zero-order valence-electron chi connectivity index (χ0n) is 18.4. The number of aryl methyl sites for hydroxylation is 1. The van der Waals surface area contributed by atoms with Crippen LogP contribution in [0, 0.1) is 5.92 Å². The molecular formula is C21H24N6O3S2. The maximum atomic E-state index is 13.1. The second-order valence-electron chi connectivity index (χ2n) is 7.97. The van der Waals surface area contributed by atoms with Crippen molar-refractivity contribution >= 4 is 39.1 Å². The molecule has 4 aromatic heterocycles. The Bertz CT molecular complexity index is 1480. The summed E-state index contributed by atoms with van der Waals surface area (Å²) < 4.78 is 4.16. The van der Waals surface area contributed by atoms with Crippen LogP contribution < -0.4 is 16.8 Å². The van der Waals surface area contributed by atoms with Crippen molar-refractivity contribution in [2.75, 3.05) is 0 Å². The standard InChI is InChI=1S/C21H24N6O3S2/c1-5-6-27-17-16(19(29)25(4)21(27)30)18(24-14(23-17)9-12(2)3)32-11-13-10-15(28)26-7-8-31-20(26)22-13/h7-8,10,12H,5-6,9,11H2,1-4H3. The van der Waals surface area contributed by atoms with Crippen molar-refractivity contribution < 1.29 is 0 Å². The highest BCUT2D eigenvalue weighted by Gasteiger charge is 2.19. The summed E-state index contributed by atoms with van der Waals surface area (Å²) >= 11 is 2.72. The Morgan fingerprint density at radius 1 is 1.16 bits per heavy atom. The van der Waals surface area contributed by atoms with E-state index in [0.29, 0.717) is 57.2 Å². The summed E-state index contributed by atoms with van der Waals surface area (Å²) in [6, 6.07) is 1.50. The molecule has 0 amide bonds. The summed E-state index contributed by atoms with van der Waals surface area (Å²) in [6.45, 7) is 6.56. The van der Waals surface area contributed by atoms with E-state index in [4.69, 9.17) is 0 Å². The molecule has 0 aliphatic carbocycles. The van der Waals surface area contributed by atoms with Crippen LogP contribution in [0.25, 0.3) is 16.0 Å². The van der Waals surface area contributed by atoms with Gasteiger partial charge in [-0.25, -0.2) is 19.7 Å². The van der Waals surface area contributed by atoms with Crippen LogP contribution in [-0.2, 0) is 25.8 Å². The SMILES string of the molecule is CCCn1c(=O)n(C)c(=O)c2c(SCc3cc(=O)n4ccsc4n3)nc(CC(C)C)nc21. The Labute approximate surface area is 191 Å². The van der Waals surface area contributed by atoms with Crippen molar-refractivity contribution in [3.05, 3.63) is 60.4 Å². The third-order valence-corrected chi connectivity index (χ3v) is 6.71. The summed E-state index contributed by atoms with van der Waals surface area (Å²) in [6.07, 6.45) is 3.05. The molecule has 9 nitrogen and oxygen atoms in total. The van der Waals surface area contributed by atoms with Gasteiger partial charge in [-0.1, -0.05) is 32.5 Å². The van der Waals surface area contributed by atoms with Gasteiger partial charge in [0, 0.05) is 43.4 Å². The maximum Gasteiger partial charge on any atom is 0.332 e. The number of thioether (sulfide) groups is 1. The van der Waals surface area contributed by atoms with Gasteiger partial charge in [0.2, 0.25) is 0 Å². The summed E-state index contributed by atoms with van der Waals surface area (Å²) in [4.78, 5) is 52.6. The van der Waals surface area contributed by atoms with Gasteiger partial charge in [0.05, 0.1) is 5.69 Å². The zero-order chi connectivity index (χ0) is 23.0. The fourth-order valence-corrected chi connectivity index (χ4v) is 5.13. The van der Waals surface area contributed by atoms with Gasteiger partial charge in [-0.3, -0.25) is 23.1 Å². The van der Waals surface area contributed by atoms with E-state index < -0.39 is 5.56 Å². The third kappa shape index (κ3) is 4.14. The summed E-state index contributed by atoms with van der Waals surface area (Å²) in [5.41, 5.74) is 0.0331. The molecule has 0 N–H and O–H groups in total. The molecule has 0 saturated carbocycles. The average molecular weight is 473 g/mol. The highest BCUT2D eigenvalue weighted by Crippen LogP contribution is 2.26. The molecule has 0 fully saturated rings. The Morgan fingerprint density at radius 2 is 1.94 bits per heavy atom. The molecule has 0 aromatic carbocycles. The molecule has 0 bridgehead atoms. The summed E-state index contributed by atoms with van der Waals surface area (Å²) in [5, 5.41) is 2.64. The molecule has 0 aliphatic rings. The van der Waals surface area contributed by atoms with Crippen LogP contribution >= 0.6 is 23.1 Å². The van der Waals surface area contributed by atoms with Crippen molar-refractivity contribution in [3.63, 3.8) is 0 Å². The minimum atomic E-state index is -0.419. The first-order valence-corrected chi connectivity index (χ1v) is 12.3. The minimum Gasteiger partial charge on any atom is -0.277 e. The van der Waals surface area contributed by atoms with E-state index in [9.17, 15) is 14.4 Å². The number of rotatable bonds is 7. The normalized spacial score (nSPS) is 11.8. The molecule has 0 atom stereocenters. The van der Waals surface area contributed by atoms with Crippen LogP contribution in [0.4, 0.5) is 0 Å². The molecule has 0 unspecified atom stereocenters. The fourth-order valence-electron chi connectivity index (χ4n) is 3.47. The number of aromatic nitrogens is 6. The van der Waals surface area contributed by atoms with Gasteiger partial charge in [0.1, 0.15) is 16.2 Å². The van der Waals surface area contributed by atoms with E-state index in [2.05, 4.69) is 28.8 Å². The summed E-state index contributed by atoms with van der Waals surface area (Å²) in [7, 11) is 1.47. The monoisotopic (exact) mass is 472 g/mol. The van der Waals surface area contributed by atoms with Crippen LogP contribution in [0.15, 0.2) is 37.1 Å². The Hall–Kier alpha value is -2.79. The lowest BCUT2D eigenvalue weighted by atomic mass is 10.1. The van der Waals surface area contributed by atoms with Crippen LogP contribution in [-0.4, -0.2) is 28.5 Å². The van der Waals surface area contributed by atoms with Crippen molar-refractivity contribution in [2.45, 2.75) is 50.9 Å². The molecule has 0 spiro atoms. The van der Waals surface area contributed by atoms with Gasteiger partial charge in [0.15, 0.2) is 10.6 Å². The summed E-state index contributed by atoms with van der Waals surface area (Å²) in [5.74, 6) is 1.27. The molecule has 4 heterocycles. The highest BCUT2D eigenvalue weighted by atomic mass is 32.2. The molecule has 4 aromatic rings. The fraction of sp³-hybridized carbons (Fsp3) is 0.429. The molecule has 0 saturated heterocycles. The van der Waals surface area contributed by atoms with Gasteiger partial charge in [0.25, 0.3) is 11.1 Å².